The van der Waals surface area contributed by atoms with Crippen molar-refractivity contribution in [2.45, 2.75) is 13.3 Å². The minimum absolute atomic E-state index is 0.605. The first kappa shape index (κ1) is 5.96. The van der Waals surface area contributed by atoms with Gasteiger partial charge >= 0.3 is 0 Å². The molecule has 1 heteroatoms. The Hall–Kier alpha value is -0.0400. The second-order valence-electron chi connectivity index (χ2n) is 1.20. The molecular formula is C5H11N. The third-order valence-corrected chi connectivity index (χ3v) is 0.571. The summed E-state index contributed by atoms with van der Waals surface area (Å²) >= 11 is 0. The number of hydrogen-bond acceptors (Lipinski definition) is 1. The third-order valence-electron chi connectivity index (χ3n) is 0.571. The van der Waals surface area contributed by atoms with E-state index in [1.54, 1.807) is 0 Å². The Kier molecular flexibility index (Phi) is 4.93. The molecule has 0 aromatic heterocycles. The zero-order valence-electron chi connectivity index (χ0n) is 4.20. The van der Waals surface area contributed by atoms with E-state index in [-0.39, 0.29) is 0 Å². The van der Waals surface area contributed by atoms with Gasteiger partial charge in [0.25, 0.3) is 0 Å². The summed E-state index contributed by atoms with van der Waals surface area (Å²) in [7, 11) is 0. The van der Waals surface area contributed by atoms with Gasteiger partial charge in [-0.05, 0) is 26.4 Å². The summed E-state index contributed by atoms with van der Waals surface area (Å²) in [6, 6.07) is 0. The topological polar surface area (TPSA) is 12.0 Å². The highest BCUT2D eigenvalue weighted by Gasteiger charge is 1.71. The number of nitrogens with one attached hydrogen (secondary N) is 1. The van der Waals surface area contributed by atoms with E-state index in [4.69, 9.17) is 6.92 Å². The van der Waals surface area contributed by atoms with Crippen molar-refractivity contribution in [3.8, 4) is 0 Å². The van der Waals surface area contributed by atoms with Crippen LogP contribution in [0.15, 0.2) is 0 Å². The van der Waals surface area contributed by atoms with Gasteiger partial charge < -0.3 is 5.32 Å². The zero-order valence-corrected chi connectivity index (χ0v) is 4.20. The van der Waals surface area contributed by atoms with Crippen LogP contribution in [-0.2, 0) is 0 Å². The first-order valence-corrected chi connectivity index (χ1v) is 2.32. The van der Waals surface area contributed by atoms with Gasteiger partial charge in [-0.2, -0.15) is 0 Å². The van der Waals surface area contributed by atoms with Gasteiger partial charge in [-0.15, -0.1) is 0 Å². The molecule has 0 unspecified atom stereocenters. The summed E-state index contributed by atoms with van der Waals surface area (Å²) in [5.41, 5.74) is 0. The standard InChI is InChI=1S/C5H11N/c1-3-5-6-4-2/h2,6H,3-5H2,1H3. The summed E-state index contributed by atoms with van der Waals surface area (Å²) in [6.45, 7) is 8.86. The Bertz CT molecular complexity index is 15.9. The normalized spacial score (nSPS) is 9.00. The van der Waals surface area contributed by atoms with Crippen LogP contribution in [0.4, 0.5) is 0 Å². The zero-order chi connectivity index (χ0) is 4.83. The first-order chi connectivity index (χ1) is 2.91. The molecule has 2 radical (unpaired) electrons. The molecule has 6 heavy (non-hydrogen) atoms. The average Bonchev–Trinajstić information content (AvgIpc) is 1.61. The van der Waals surface area contributed by atoms with E-state index in [1.807, 2.05) is 0 Å². The van der Waals surface area contributed by atoms with Crippen molar-refractivity contribution in [2.75, 3.05) is 13.1 Å². The fourth-order valence-corrected chi connectivity index (χ4v) is 0.279. The maximum atomic E-state index is 5.10. The van der Waals surface area contributed by atoms with Crippen LogP contribution in [-0.4, -0.2) is 13.1 Å². The molecule has 0 amide bonds. The van der Waals surface area contributed by atoms with Crippen LogP contribution < -0.4 is 5.32 Å². The second-order valence-corrected chi connectivity index (χ2v) is 1.20. The lowest BCUT2D eigenvalue weighted by Crippen LogP contribution is -2.12. The van der Waals surface area contributed by atoms with E-state index in [1.165, 1.54) is 0 Å². The quantitative estimate of drug-likeness (QED) is 0.497. The fraction of sp³-hybridized carbons (Fsp3) is 0.800. The monoisotopic (exact) mass is 85.1 g/mol. The Labute approximate surface area is 39.7 Å². The molecule has 0 spiro atoms. The van der Waals surface area contributed by atoms with Crippen molar-refractivity contribution in [2.24, 2.45) is 0 Å². The number of hydrogen-bond donors (Lipinski definition) is 1. The molecule has 1 nitrogen and oxygen atoms in total. The van der Waals surface area contributed by atoms with Crippen molar-refractivity contribution in [3.05, 3.63) is 6.92 Å². The molecule has 0 aliphatic carbocycles. The van der Waals surface area contributed by atoms with E-state index in [0.717, 1.165) is 13.0 Å². The summed E-state index contributed by atoms with van der Waals surface area (Å²) in [4.78, 5) is 0. The Balaban J connectivity index is 2.34. The fourth-order valence-electron chi connectivity index (χ4n) is 0.279. The van der Waals surface area contributed by atoms with Crippen LogP contribution in [0, 0.1) is 6.92 Å². The van der Waals surface area contributed by atoms with Crippen LogP contribution in [0.1, 0.15) is 13.3 Å². The van der Waals surface area contributed by atoms with Gasteiger partial charge in [0, 0.05) is 0 Å². The van der Waals surface area contributed by atoms with Gasteiger partial charge in [0.15, 0.2) is 0 Å². The average molecular weight is 85.2 g/mol. The Morgan fingerprint density at radius 3 is 2.50 bits per heavy atom. The Morgan fingerprint density at radius 1 is 1.67 bits per heavy atom. The molecule has 0 fully saturated rings. The molecule has 0 aromatic rings. The summed E-state index contributed by atoms with van der Waals surface area (Å²) in [6.07, 6.45) is 1.16. The summed E-state index contributed by atoms with van der Waals surface area (Å²) < 4.78 is 0. The molecule has 0 bridgehead atoms. The highest BCUT2D eigenvalue weighted by Crippen LogP contribution is 1.65. The van der Waals surface area contributed by atoms with E-state index in [2.05, 4.69) is 12.2 Å². The largest absolute Gasteiger partial charge is 0.316 e. The van der Waals surface area contributed by atoms with Crippen LogP contribution >= 0.6 is 0 Å². The molecule has 0 saturated heterocycles. The SMILES string of the molecule is [CH]CNCCC. The maximum Gasteiger partial charge on any atom is -0.00140 e. The molecule has 0 atom stereocenters. The van der Waals surface area contributed by atoms with E-state index in [9.17, 15) is 0 Å². The van der Waals surface area contributed by atoms with Gasteiger partial charge in [-0.3, -0.25) is 0 Å². The molecule has 0 rings (SSSR count). The van der Waals surface area contributed by atoms with E-state index < -0.39 is 0 Å². The van der Waals surface area contributed by atoms with Crippen LogP contribution in [0.3, 0.4) is 0 Å². The van der Waals surface area contributed by atoms with Crippen molar-refractivity contribution in [3.63, 3.8) is 0 Å². The minimum atomic E-state index is 0.605. The first-order valence-electron chi connectivity index (χ1n) is 2.32. The van der Waals surface area contributed by atoms with Crippen molar-refractivity contribution in [1.82, 2.24) is 5.32 Å². The summed E-state index contributed by atoms with van der Waals surface area (Å²) in [5.74, 6) is 0. The van der Waals surface area contributed by atoms with Gasteiger partial charge in [-0.1, -0.05) is 6.92 Å². The van der Waals surface area contributed by atoms with Crippen molar-refractivity contribution in [1.29, 1.82) is 0 Å². The summed E-state index contributed by atoms with van der Waals surface area (Å²) in [5, 5.41) is 2.98. The highest BCUT2D eigenvalue weighted by molar-refractivity contribution is 4.43. The molecule has 1 N–H and O–H groups in total. The molecule has 0 aliphatic rings. The lowest BCUT2D eigenvalue weighted by molar-refractivity contribution is 0.728. The van der Waals surface area contributed by atoms with E-state index >= 15 is 0 Å². The highest BCUT2D eigenvalue weighted by atomic mass is 14.8. The van der Waals surface area contributed by atoms with Crippen LogP contribution in [0.2, 0.25) is 0 Å². The van der Waals surface area contributed by atoms with Gasteiger partial charge in [0.1, 0.15) is 0 Å². The third kappa shape index (κ3) is 3.96. The second kappa shape index (κ2) is 4.96. The predicted octanol–water partition coefficient (Wildman–Crippen LogP) is 0.697. The van der Waals surface area contributed by atoms with Crippen molar-refractivity contribution >= 4 is 0 Å². The van der Waals surface area contributed by atoms with Crippen molar-refractivity contribution < 1.29 is 0 Å². The van der Waals surface area contributed by atoms with Gasteiger partial charge in [-0.25, -0.2) is 0 Å². The smallest absolute Gasteiger partial charge is 0.00140 e. The molecule has 0 heterocycles. The molecule has 0 saturated carbocycles. The van der Waals surface area contributed by atoms with Gasteiger partial charge in [0.05, 0.1) is 0 Å². The Morgan fingerprint density at radius 2 is 2.33 bits per heavy atom. The minimum Gasteiger partial charge on any atom is -0.316 e. The van der Waals surface area contributed by atoms with E-state index in [0.29, 0.717) is 6.54 Å². The molecule has 0 aromatic carbocycles. The van der Waals surface area contributed by atoms with Crippen LogP contribution in [0.25, 0.3) is 0 Å². The lowest BCUT2D eigenvalue weighted by atomic mass is 10.5. The maximum absolute atomic E-state index is 5.10. The van der Waals surface area contributed by atoms with Crippen LogP contribution in [0.5, 0.6) is 0 Å². The lowest BCUT2D eigenvalue weighted by Gasteiger charge is -1.91. The van der Waals surface area contributed by atoms with Gasteiger partial charge in [0.2, 0.25) is 0 Å². The number of rotatable bonds is 3. The molecule has 36 valence electrons. The molecular weight excluding hydrogens is 74.1 g/mol. The predicted molar refractivity (Wildman–Crippen MR) is 27.5 cm³/mol. The molecule has 0 aliphatic heterocycles.